The Kier molecular flexibility index (Phi) is 5.69. The summed E-state index contributed by atoms with van der Waals surface area (Å²) in [4.78, 5) is 11.9. The van der Waals surface area contributed by atoms with Gasteiger partial charge in [0.2, 0.25) is 0 Å². The van der Waals surface area contributed by atoms with Crippen LogP contribution in [-0.4, -0.2) is 54.5 Å². The molecule has 32 heavy (non-hydrogen) atoms. The van der Waals surface area contributed by atoms with Gasteiger partial charge in [-0.15, -0.1) is 0 Å². The molecule has 2 atom stereocenters. The molecule has 0 spiro atoms. The van der Waals surface area contributed by atoms with Gasteiger partial charge in [-0.2, -0.15) is 0 Å². The molecule has 0 saturated carbocycles. The lowest BCUT2D eigenvalue weighted by atomic mass is 10.1. The van der Waals surface area contributed by atoms with Crippen LogP contribution in [0.3, 0.4) is 0 Å². The molecule has 3 aromatic rings. The molecular weight excluding hydrogens is 418 g/mol. The molecule has 2 bridgehead atoms. The number of nitrogen functional groups attached to an aromatic ring is 1. The number of rotatable bonds is 7. The third-order valence-electron chi connectivity index (χ3n) is 6.58. The van der Waals surface area contributed by atoms with E-state index in [0.29, 0.717) is 18.8 Å². The third-order valence-corrected chi connectivity index (χ3v) is 8.28. The number of anilines is 2. The second kappa shape index (κ2) is 8.50. The zero-order valence-corrected chi connectivity index (χ0v) is 20.3. The number of morpholine rings is 1. The van der Waals surface area contributed by atoms with Crippen LogP contribution in [0.25, 0.3) is 22.3 Å². The molecule has 2 fully saturated rings. The summed E-state index contributed by atoms with van der Waals surface area (Å²) in [6.45, 7) is 9.90. The van der Waals surface area contributed by atoms with Crippen molar-refractivity contribution < 1.29 is 9.47 Å². The number of nitrogens with zero attached hydrogens (tertiary/aromatic N) is 4. The van der Waals surface area contributed by atoms with E-state index in [1.54, 1.807) is 6.33 Å². The minimum Gasteiger partial charge on any atom is -0.399 e. The van der Waals surface area contributed by atoms with E-state index in [-0.39, 0.29) is 0 Å². The molecule has 0 radical (unpaired) electrons. The fraction of sp³-hybridized carbons (Fsp3) is 0.500. The van der Waals surface area contributed by atoms with Gasteiger partial charge in [0.15, 0.2) is 0 Å². The van der Waals surface area contributed by atoms with E-state index in [9.17, 15) is 0 Å². The van der Waals surface area contributed by atoms with E-state index < -0.39 is 8.07 Å². The molecule has 7 nitrogen and oxygen atoms in total. The smallest absolute Gasteiger partial charge is 0.147 e. The van der Waals surface area contributed by atoms with E-state index in [0.717, 1.165) is 72.5 Å². The topological polar surface area (TPSA) is 78.4 Å². The van der Waals surface area contributed by atoms with Crippen LogP contribution in [0.4, 0.5) is 11.5 Å². The molecule has 4 heterocycles. The van der Waals surface area contributed by atoms with Crippen molar-refractivity contribution in [2.75, 3.05) is 30.5 Å². The molecule has 0 aliphatic carbocycles. The first kappa shape index (κ1) is 21.4. The highest BCUT2D eigenvalue weighted by molar-refractivity contribution is 6.76. The lowest BCUT2D eigenvalue weighted by molar-refractivity contribution is 0.0900. The Morgan fingerprint density at radius 2 is 1.81 bits per heavy atom. The van der Waals surface area contributed by atoms with E-state index in [1.165, 1.54) is 0 Å². The fourth-order valence-corrected chi connectivity index (χ4v) is 5.54. The average Bonchev–Trinajstić information content (AvgIpc) is 3.24. The Hall–Kier alpha value is -2.42. The van der Waals surface area contributed by atoms with Gasteiger partial charge in [-0.1, -0.05) is 31.8 Å². The number of fused-ring (bicyclic) bond motifs is 3. The summed E-state index contributed by atoms with van der Waals surface area (Å²) in [6.07, 6.45) is 4.00. The van der Waals surface area contributed by atoms with Crippen LogP contribution in [0.1, 0.15) is 12.8 Å². The van der Waals surface area contributed by atoms with Gasteiger partial charge >= 0.3 is 0 Å². The van der Waals surface area contributed by atoms with Gasteiger partial charge in [-0.25, -0.2) is 9.97 Å². The first-order chi connectivity index (χ1) is 15.4. The maximum Gasteiger partial charge on any atom is 0.147 e. The lowest BCUT2D eigenvalue weighted by Gasteiger charge is -2.35. The monoisotopic (exact) mass is 451 g/mol. The molecule has 170 valence electrons. The summed E-state index contributed by atoms with van der Waals surface area (Å²) in [5.74, 6) is 1.02. The van der Waals surface area contributed by atoms with Crippen LogP contribution >= 0.6 is 0 Å². The number of benzene rings is 1. The Morgan fingerprint density at radius 1 is 1.09 bits per heavy atom. The van der Waals surface area contributed by atoms with Crippen molar-refractivity contribution in [2.24, 2.45) is 0 Å². The molecule has 2 aliphatic rings. The van der Waals surface area contributed by atoms with Gasteiger partial charge in [0.05, 0.1) is 36.4 Å². The van der Waals surface area contributed by atoms with Crippen LogP contribution in [0.2, 0.25) is 25.7 Å². The Balaban J connectivity index is 1.55. The van der Waals surface area contributed by atoms with Gasteiger partial charge < -0.3 is 24.7 Å². The normalized spacial score (nSPS) is 20.9. The first-order valence-corrected chi connectivity index (χ1v) is 15.3. The number of hydrogen-bond donors (Lipinski definition) is 1. The predicted octanol–water partition coefficient (Wildman–Crippen LogP) is 4.36. The van der Waals surface area contributed by atoms with Crippen LogP contribution in [0.15, 0.2) is 36.7 Å². The number of ether oxygens (including phenoxy) is 2. The Bertz CT molecular complexity index is 1080. The standard InChI is InChI=1S/C24H33N5O2Si/c1-32(2,3)11-10-30-16-28-22(17-4-6-18(25)7-5-17)12-21-23(28)26-15-27-24(21)29-19-8-9-20(29)14-31-13-19/h4-7,12,15,19-20H,8-11,13-14,16,25H2,1-3H3/t19-,20+. The highest BCUT2D eigenvalue weighted by Crippen LogP contribution is 2.38. The quantitative estimate of drug-likeness (QED) is 0.327. The summed E-state index contributed by atoms with van der Waals surface area (Å²) in [6, 6.07) is 12.2. The van der Waals surface area contributed by atoms with Crippen LogP contribution < -0.4 is 10.6 Å². The molecule has 0 amide bonds. The summed E-state index contributed by atoms with van der Waals surface area (Å²) in [5.41, 5.74) is 9.80. The van der Waals surface area contributed by atoms with Crippen molar-refractivity contribution in [1.82, 2.24) is 14.5 Å². The van der Waals surface area contributed by atoms with Crippen LogP contribution in [0, 0.1) is 0 Å². The SMILES string of the molecule is C[Si](C)(C)CCOCn1c(-c2ccc(N)cc2)cc2c(N3[C@@H]4CC[C@H]3COC4)ncnc21. The van der Waals surface area contributed by atoms with Gasteiger partial charge in [-0.3, -0.25) is 0 Å². The second-order valence-electron chi connectivity index (χ2n) is 10.2. The molecule has 8 heteroatoms. The molecule has 2 aliphatic heterocycles. The molecule has 0 unspecified atom stereocenters. The Labute approximate surface area is 190 Å². The zero-order valence-electron chi connectivity index (χ0n) is 19.3. The fourth-order valence-electron chi connectivity index (χ4n) is 4.79. The van der Waals surface area contributed by atoms with Crippen LogP contribution in [-0.2, 0) is 16.2 Å². The summed E-state index contributed by atoms with van der Waals surface area (Å²) in [5, 5.41) is 1.08. The van der Waals surface area contributed by atoms with Crippen LogP contribution in [0.5, 0.6) is 0 Å². The van der Waals surface area contributed by atoms with Crippen molar-refractivity contribution in [3.05, 3.63) is 36.7 Å². The largest absolute Gasteiger partial charge is 0.399 e. The lowest BCUT2D eigenvalue weighted by Crippen LogP contribution is -2.46. The third kappa shape index (κ3) is 4.14. The van der Waals surface area contributed by atoms with Gasteiger partial charge in [0, 0.05) is 20.4 Å². The zero-order chi connectivity index (χ0) is 22.3. The van der Waals surface area contributed by atoms with E-state index >= 15 is 0 Å². The minimum atomic E-state index is -1.15. The molecule has 2 saturated heterocycles. The maximum atomic E-state index is 6.17. The number of hydrogen-bond acceptors (Lipinski definition) is 6. The van der Waals surface area contributed by atoms with Gasteiger partial charge in [0.25, 0.3) is 0 Å². The van der Waals surface area contributed by atoms with Crippen molar-refractivity contribution >= 4 is 30.6 Å². The second-order valence-corrected chi connectivity index (χ2v) is 15.8. The van der Waals surface area contributed by atoms with Gasteiger partial charge in [-0.05, 0) is 42.6 Å². The predicted molar refractivity (Wildman–Crippen MR) is 132 cm³/mol. The average molecular weight is 452 g/mol. The molecular formula is C24H33N5O2Si. The van der Waals surface area contributed by atoms with E-state index in [4.69, 9.17) is 25.2 Å². The molecule has 2 N–H and O–H groups in total. The minimum absolute atomic E-state index is 0.392. The van der Waals surface area contributed by atoms with E-state index in [1.807, 2.05) is 12.1 Å². The summed E-state index contributed by atoms with van der Waals surface area (Å²) < 4.78 is 14.1. The number of aromatic nitrogens is 3. The molecule has 5 rings (SSSR count). The number of nitrogens with two attached hydrogens (primary N) is 1. The van der Waals surface area contributed by atoms with Crippen molar-refractivity contribution in [1.29, 1.82) is 0 Å². The molecule has 1 aromatic carbocycles. The Morgan fingerprint density at radius 3 is 2.50 bits per heavy atom. The van der Waals surface area contributed by atoms with Crippen molar-refractivity contribution in [2.45, 2.75) is 57.3 Å². The summed E-state index contributed by atoms with van der Waals surface area (Å²) in [7, 11) is -1.15. The van der Waals surface area contributed by atoms with Crippen molar-refractivity contribution in [3.8, 4) is 11.3 Å². The summed E-state index contributed by atoms with van der Waals surface area (Å²) >= 11 is 0. The maximum absolute atomic E-state index is 6.17. The molecule has 2 aromatic heterocycles. The van der Waals surface area contributed by atoms with Crippen molar-refractivity contribution in [3.63, 3.8) is 0 Å². The highest BCUT2D eigenvalue weighted by atomic mass is 28.3. The van der Waals surface area contributed by atoms with Gasteiger partial charge in [0.1, 0.15) is 24.5 Å². The highest BCUT2D eigenvalue weighted by Gasteiger charge is 2.39. The van der Waals surface area contributed by atoms with E-state index in [2.05, 4.69) is 47.3 Å². The first-order valence-electron chi connectivity index (χ1n) is 11.5.